The Morgan fingerprint density at radius 3 is 2.36 bits per heavy atom. The third-order valence-corrected chi connectivity index (χ3v) is 4.19. The number of aromatic amines is 1. The molecule has 3 aromatic rings. The normalized spacial score (nSPS) is 10.5. The molecule has 1 amide bonds. The van der Waals surface area contributed by atoms with Crippen LogP contribution < -0.4 is 10.9 Å². The Morgan fingerprint density at radius 1 is 1.00 bits per heavy atom. The number of carbonyl (C=O) groups is 1. The number of hydrogen-bond donors (Lipinski definition) is 2. The highest BCUT2D eigenvalue weighted by atomic mass is 35.5. The van der Waals surface area contributed by atoms with Crippen LogP contribution in [0, 0.1) is 13.8 Å². The predicted molar refractivity (Wildman–Crippen MR) is 101 cm³/mol. The van der Waals surface area contributed by atoms with E-state index in [0.717, 1.165) is 16.7 Å². The minimum Gasteiger partial charge on any atom is -0.322 e. The summed E-state index contributed by atoms with van der Waals surface area (Å²) in [5, 5.41) is 3.41. The van der Waals surface area contributed by atoms with Crippen LogP contribution in [0.2, 0.25) is 5.02 Å². The Morgan fingerprint density at radius 2 is 1.72 bits per heavy atom. The van der Waals surface area contributed by atoms with E-state index in [4.69, 9.17) is 11.6 Å². The number of rotatable bonds is 3. The maximum absolute atomic E-state index is 12.4. The topological polar surface area (TPSA) is 62.0 Å². The molecule has 2 N–H and O–H groups in total. The lowest BCUT2D eigenvalue weighted by atomic mass is 10.1. The molecule has 0 aliphatic heterocycles. The summed E-state index contributed by atoms with van der Waals surface area (Å²) in [4.78, 5) is 27.5. The summed E-state index contributed by atoms with van der Waals surface area (Å²) < 4.78 is 0. The summed E-state index contributed by atoms with van der Waals surface area (Å²) >= 11 is 5.87. The van der Waals surface area contributed by atoms with Gasteiger partial charge in [0.25, 0.3) is 11.5 Å². The third kappa shape index (κ3) is 3.80. The highest BCUT2D eigenvalue weighted by Gasteiger charge is 2.13. The first-order valence-electron chi connectivity index (χ1n) is 7.82. The van der Waals surface area contributed by atoms with Crippen LogP contribution in [-0.4, -0.2) is 10.9 Å². The van der Waals surface area contributed by atoms with Crippen LogP contribution in [-0.2, 0) is 0 Å². The molecule has 126 valence electrons. The van der Waals surface area contributed by atoms with Crippen molar-refractivity contribution >= 4 is 23.2 Å². The second-order valence-electron chi connectivity index (χ2n) is 5.89. The van der Waals surface area contributed by atoms with Crippen LogP contribution >= 0.6 is 11.6 Å². The molecule has 2 aromatic carbocycles. The van der Waals surface area contributed by atoms with Crippen LogP contribution in [0.3, 0.4) is 0 Å². The van der Waals surface area contributed by atoms with Gasteiger partial charge in [0.2, 0.25) is 0 Å². The highest BCUT2D eigenvalue weighted by molar-refractivity contribution is 6.30. The van der Waals surface area contributed by atoms with Crippen LogP contribution in [0.5, 0.6) is 0 Å². The smallest absolute Gasteiger partial charge is 0.261 e. The summed E-state index contributed by atoms with van der Waals surface area (Å²) in [6.45, 7) is 3.90. The fourth-order valence-corrected chi connectivity index (χ4v) is 2.72. The molecule has 0 unspecified atom stereocenters. The van der Waals surface area contributed by atoms with E-state index >= 15 is 0 Å². The fourth-order valence-electron chi connectivity index (χ4n) is 2.59. The number of anilines is 1. The molecule has 0 fully saturated rings. The van der Waals surface area contributed by atoms with Gasteiger partial charge in [0.15, 0.2) is 0 Å². The van der Waals surface area contributed by atoms with Gasteiger partial charge in [-0.1, -0.05) is 41.4 Å². The van der Waals surface area contributed by atoms with Crippen molar-refractivity contribution in [2.24, 2.45) is 0 Å². The van der Waals surface area contributed by atoms with Gasteiger partial charge in [-0.2, -0.15) is 0 Å². The Bertz CT molecular complexity index is 991. The maximum Gasteiger partial charge on any atom is 0.261 e. The monoisotopic (exact) mass is 352 g/mol. The van der Waals surface area contributed by atoms with E-state index in [2.05, 4.69) is 10.3 Å². The van der Waals surface area contributed by atoms with Gasteiger partial charge in [-0.05, 0) is 55.3 Å². The zero-order chi connectivity index (χ0) is 18.0. The lowest BCUT2D eigenvalue weighted by molar-refractivity contribution is 0.102. The van der Waals surface area contributed by atoms with Crippen molar-refractivity contribution < 1.29 is 4.79 Å². The molecule has 0 aliphatic carbocycles. The molecule has 1 aromatic heterocycles. The number of hydrogen-bond acceptors (Lipinski definition) is 2. The van der Waals surface area contributed by atoms with E-state index < -0.39 is 11.5 Å². The van der Waals surface area contributed by atoms with Gasteiger partial charge in [0, 0.05) is 16.4 Å². The summed E-state index contributed by atoms with van der Waals surface area (Å²) in [5.41, 5.74) is 3.83. The zero-order valence-corrected chi connectivity index (χ0v) is 14.6. The Balaban J connectivity index is 1.86. The number of pyridine rings is 1. The van der Waals surface area contributed by atoms with Crippen LogP contribution in [0.1, 0.15) is 21.5 Å². The quantitative estimate of drug-likeness (QED) is 0.725. The summed E-state index contributed by atoms with van der Waals surface area (Å²) in [5.74, 6) is -0.434. The van der Waals surface area contributed by atoms with Crippen molar-refractivity contribution in [1.29, 1.82) is 0 Å². The first-order valence-corrected chi connectivity index (χ1v) is 8.20. The number of aryl methyl sites for hydroxylation is 2. The minimum absolute atomic E-state index is 0.0673. The largest absolute Gasteiger partial charge is 0.322 e. The average molecular weight is 353 g/mol. The third-order valence-electron chi connectivity index (χ3n) is 3.94. The van der Waals surface area contributed by atoms with E-state index in [9.17, 15) is 9.59 Å². The first kappa shape index (κ1) is 17.0. The van der Waals surface area contributed by atoms with Gasteiger partial charge in [0.1, 0.15) is 5.56 Å². The number of carbonyl (C=O) groups excluding carboxylic acids is 1. The standard InChI is InChI=1S/C20H17ClN2O2/c1-12-3-9-17(13(2)11-12)22-19(24)16-8-10-18(23-20(16)25)14-4-6-15(21)7-5-14/h3-11H,1-2H3,(H,22,24)(H,23,25). The van der Waals surface area contributed by atoms with Crippen molar-refractivity contribution in [3.8, 4) is 11.3 Å². The molecule has 0 bridgehead atoms. The number of benzene rings is 2. The van der Waals surface area contributed by atoms with E-state index in [1.165, 1.54) is 6.07 Å². The van der Waals surface area contributed by atoms with Gasteiger partial charge in [-0.3, -0.25) is 9.59 Å². The summed E-state index contributed by atoms with van der Waals surface area (Å²) in [7, 11) is 0. The number of H-pyrrole nitrogens is 1. The molecule has 25 heavy (non-hydrogen) atoms. The van der Waals surface area contributed by atoms with Crippen molar-refractivity contribution in [1.82, 2.24) is 4.98 Å². The van der Waals surface area contributed by atoms with Gasteiger partial charge < -0.3 is 10.3 Å². The van der Waals surface area contributed by atoms with E-state index in [1.54, 1.807) is 18.2 Å². The molecule has 0 saturated heterocycles. The lowest BCUT2D eigenvalue weighted by Gasteiger charge is -2.09. The predicted octanol–water partition coefficient (Wildman–Crippen LogP) is 4.56. The average Bonchev–Trinajstić information content (AvgIpc) is 2.58. The van der Waals surface area contributed by atoms with E-state index in [-0.39, 0.29) is 5.56 Å². The summed E-state index contributed by atoms with van der Waals surface area (Å²) in [6, 6.07) is 16.1. The first-order chi connectivity index (χ1) is 11.9. The molecular weight excluding hydrogens is 336 g/mol. The van der Waals surface area contributed by atoms with Gasteiger partial charge >= 0.3 is 0 Å². The summed E-state index contributed by atoms with van der Waals surface area (Å²) in [6.07, 6.45) is 0. The van der Waals surface area contributed by atoms with Gasteiger partial charge in [-0.15, -0.1) is 0 Å². The minimum atomic E-state index is -0.435. The number of aromatic nitrogens is 1. The highest BCUT2D eigenvalue weighted by Crippen LogP contribution is 2.19. The van der Waals surface area contributed by atoms with Crippen LogP contribution in [0.4, 0.5) is 5.69 Å². The molecule has 3 rings (SSSR count). The molecule has 1 heterocycles. The molecule has 0 radical (unpaired) electrons. The SMILES string of the molecule is Cc1ccc(NC(=O)c2ccc(-c3ccc(Cl)cc3)[nH]c2=O)c(C)c1. The lowest BCUT2D eigenvalue weighted by Crippen LogP contribution is -2.23. The number of amides is 1. The van der Waals surface area contributed by atoms with Crippen LogP contribution in [0.15, 0.2) is 59.4 Å². The molecule has 4 nitrogen and oxygen atoms in total. The van der Waals surface area contributed by atoms with E-state index in [1.807, 2.05) is 44.2 Å². The molecular formula is C20H17ClN2O2. The second kappa shape index (κ2) is 6.95. The zero-order valence-electron chi connectivity index (χ0n) is 13.9. The molecule has 0 atom stereocenters. The number of nitrogens with one attached hydrogen (secondary N) is 2. The maximum atomic E-state index is 12.4. The molecule has 0 spiro atoms. The number of halogens is 1. The fraction of sp³-hybridized carbons (Fsp3) is 0.100. The molecule has 0 saturated carbocycles. The Hall–Kier alpha value is -2.85. The molecule has 0 aliphatic rings. The Labute approximate surface area is 150 Å². The second-order valence-corrected chi connectivity index (χ2v) is 6.33. The van der Waals surface area contributed by atoms with Crippen molar-refractivity contribution in [3.63, 3.8) is 0 Å². The Kier molecular flexibility index (Phi) is 4.72. The van der Waals surface area contributed by atoms with Crippen LogP contribution in [0.25, 0.3) is 11.3 Å². The molecule has 5 heteroatoms. The van der Waals surface area contributed by atoms with E-state index in [0.29, 0.717) is 16.4 Å². The van der Waals surface area contributed by atoms with Crippen molar-refractivity contribution in [2.75, 3.05) is 5.32 Å². The van der Waals surface area contributed by atoms with Gasteiger partial charge in [-0.25, -0.2) is 0 Å². The van der Waals surface area contributed by atoms with Crippen molar-refractivity contribution in [3.05, 3.63) is 86.7 Å². The van der Waals surface area contributed by atoms with Gasteiger partial charge in [0.05, 0.1) is 0 Å². The van der Waals surface area contributed by atoms with Crippen molar-refractivity contribution in [2.45, 2.75) is 13.8 Å².